The minimum Gasteiger partial charge on any atom is -0.493 e. The van der Waals surface area contributed by atoms with Crippen LogP contribution < -0.4 is 29.6 Å². The average molecular weight is 529 g/mol. The maximum Gasteiger partial charge on any atom is 0.196 e. The van der Waals surface area contributed by atoms with Crippen LogP contribution in [0.4, 0.5) is 5.69 Å². The molecule has 0 radical (unpaired) electrons. The molecule has 0 fully saturated rings. The molecule has 0 aliphatic rings. The van der Waals surface area contributed by atoms with Crippen LogP contribution in [0.2, 0.25) is 0 Å². The Morgan fingerprint density at radius 3 is 2.00 bits per heavy atom. The lowest BCUT2D eigenvalue weighted by atomic mass is 10.2. The summed E-state index contributed by atoms with van der Waals surface area (Å²) in [5, 5.41) is 6.56. The average Bonchev–Trinajstić information content (AvgIpc) is 2.73. The smallest absolute Gasteiger partial charge is 0.196 e. The second-order valence-electron chi connectivity index (χ2n) is 6.04. The van der Waals surface area contributed by atoms with Crippen molar-refractivity contribution in [2.45, 2.75) is 27.3 Å². The van der Waals surface area contributed by atoms with Gasteiger partial charge < -0.3 is 29.6 Å². The van der Waals surface area contributed by atoms with Crippen LogP contribution in [0.15, 0.2) is 41.4 Å². The minimum atomic E-state index is 0. The number of hydrogen-bond donors (Lipinski definition) is 2. The third-order valence-corrected chi connectivity index (χ3v) is 4.02. The summed E-state index contributed by atoms with van der Waals surface area (Å²) in [6, 6.07) is 11.5. The van der Waals surface area contributed by atoms with E-state index in [4.69, 9.17) is 18.9 Å². The Balaban J connectivity index is 0.00000450. The molecule has 30 heavy (non-hydrogen) atoms. The number of aliphatic imine (C=N–C) groups is 1. The van der Waals surface area contributed by atoms with Crippen LogP contribution in [0, 0.1) is 0 Å². The van der Waals surface area contributed by atoms with Gasteiger partial charge in [-0.15, -0.1) is 24.0 Å². The minimum absolute atomic E-state index is 0. The first-order valence-corrected chi connectivity index (χ1v) is 9.80. The first-order valence-electron chi connectivity index (χ1n) is 9.80. The third-order valence-electron chi connectivity index (χ3n) is 4.02. The van der Waals surface area contributed by atoms with Crippen LogP contribution in [0.1, 0.15) is 26.3 Å². The summed E-state index contributed by atoms with van der Waals surface area (Å²) in [6.45, 7) is 8.29. The zero-order valence-electron chi connectivity index (χ0n) is 18.3. The number of nitrogens with one attached hydrogen (secondary N) is 2. The number of hydrogen-bond acceptors (Lipinski definition) is 5. The molecule has 0 saturated heterocycles. The van der Waals surface area contributed by atoms with Crippen molar-refractivity contribution in [1.82, 2.24) is 5.32 Å². The molecule has 0 amide bonds. The van der Waals surface area contributed by atoms with E-state index in [1.807, 2.05) is 57.2 Å². The number of methoxy groups -OCH3 is 2. The molecule has 2 N–H and O–H groups in total. The number of anilines is 1. The quantitative estimate of drug-likeness (QED) is 0.264. The standard InChI is InChI=1S/C22H31N3O4.HI/c1-6-23-22(25-17-10-12-19(27-5)21(14-17)29-8-3)24-15-16-9-11-18(26-4)20(13-16)28-7-2;/h9-14H,6-8,15H2,1-5H3,(H2,23,24,25);1H. The predicted octanol–water partition coefficient (Wildman–Crippen LogP) is 4.70. The van der Waals surface area contributed by atoms with Crippen LogP contribution in [-0.4, -0.2) is 39.9 Å². The van der Waals surface area contributed by atoms with Crippen LogP contribution >= 0.6 is 24.0 Å². The Morgan fingerprint density at radius 2 is 1.43 bits per heavy atom. The number of benzene rings is 2. The van der Waals surface area contributed by atoms with E-state index in [-0.39, 0.29) is 24.0 Å². The summed E-state index contributed by atoms with van der Waals surface area (Å²) in [5.41, 5.74) is 1.88. The maximum atomic E-state index is 5.65. The van der Waals surface area contributed by atoms with Crippen molar-refractivity contribution in [2.75, 3.05) is 39.3 Å². The lowest BCUT2D eigenvalue weighted by Crippen LogP contribution is -2.30. The molecule has 0 unspecified atom stereocenters. The van der Waals surface area contributed by atoms with Gasteiger partial charge in [-0.2, -0.15) is 0 Å². The zero-order chi connectivity index (χ0) is 21.1. The zero-order valence-corrected chi connectivity index (χ0v) is 20.6. The highest BCUT2D eigenvalue weighted by Crippen LogP contribution is 2.30. The van der Waals surface area contributed by atoms with E-state index in [1.165, 1.54) is 0 Å². The topological polar surface area (TPSA) is 73.3 Å². The van der Waals surface area contributed by atoms with Gasteiger partial charge in [0.25, 0.3) is 0 Å². The van der Waals surface area contributed by atoms with Gasteiger partial charge in [-0.3, -0.25) is 0 Å². The SMILES string of the molecule is CCNC(=NCc1ccc(OC)c(OCC)c1)Nc1ccc(OC)c(OCC)c1.I. The fourth-order valence-corrected chi connectivity index (χ4v) is 2.72. The highest BCUT2D eigenvalue weighted by atomic mass is 127. The predicted molar refractivity (Wildman–Crippen MR) is 132 cm³/mol. The summed E-state index contributed by atoms with van der Waals surface area (Å²) in [7, 11) is 3.26. The molecule has 0 aliphatic heterocycles. The van der Waals surface area contributed by atoms with Crippen LogP contribution in [0.25, 0.3) is 0 Å². The molecule has 2 aromatic carbocycles. The molecule has 2 aromatic rings. The normalized spacial score (nSPS) is 10.6. The van der Waals surface area contributed by atoms with Gasteiger partial charge in [0.15, 0.2) is 29.0 Å². The molecule has 8 heteroatoms. The van der Waals surface area contributed by atoms with Gasteiger partial charge in [0.05, 0.1) is 34.0 Å². The molecular weight excluding hydrogens is 497 g/mol. The van der Waals surface area contributed by atoms with Crippen molar-refractivity contribution >= 4 is 35.6 Å². The number of nitrogens with zero attached hydrogens (tertiary/aromatic N) is 1. The Morgan fingerprint density at radius 1 is 0.833 bits per heavy atom. The highest BCUT2D eigenvalue weighted by molar-refractivity contribution is 14.0. The molecule has 2 rings (SSSR count). The lowest BCUT2D eigenvalue weighted by Gasteiger charge is -2.15. The van der Waals surface area contributed by atoms with Crippen molar-refractivity contribution in [3.63, 3.8) is 0 Å². The molecule has 7 nitrogen and oxygen atoms in total. The largest absolute Gasteiger partial charge is 0.493 e. The van der Waals surface area contributed by atoms with Gasteiger partial charge in [0.1, 0.15) is 0 Å². The summed E-state index contributed by atoms with van der Waals surface area (Å²) in [4.78, 5) is 4.68. The molecule has 0 aromatic heterocycles. The van der Waals surface area contributed by atoms with Gasteiger partial charge in [0, 0.05) is 18.3 Å². The monoisotopic (exact) mass is 529 g/mol. The Kier molecular flexibility index (Phi) is 11.8. The number of guanidine groups is 1. The van der Waals surface area contributed by atoms with Crippen LogP contribution in [0.3, 0.4) is 0 Å². The Labute approximate surface area is 196 Å². The van der Waals surface area contributed by atoms with E-state index in [2.05, 4.69) is 15.6 Å². The molecular formula is C22H32IN3O4. The fourth-order valence-electron chi connectivity index (χ4n) is 2.72. The first kappa shape index (κ1) is 25.7. The molecule has 166 valence electrons. The van der Waals surface area contributed by atoms with Crippen LogP contribution in [-0.2, 0) is 6.54 Å². The van der Waals surface area contributed by atoms with E-state index >= 15 is 0 Å². The Hall–Kier alpha value is -2.36. The maximum absolute atomic E-state index is 5.65. The fraction of sp³-hybridized carbons (Fsp3) is 0.409. The van der Waals surface area contributed by atoms with Crippen molar-refractivity contribution in [3.8, 4) is 23.0 Å². The first-order chi connectivity index (χ1) is 14.1. The van der Waals surface area contributed by atoms with Crippen LogP contribution in [0.5, 0.6) is 23.0 Å². The number of halogens is 1. The molecule has 0 atom stereocenters. The van der Waals surface area contributed by atoms with Gasteiger partial charge in [-0.05, 0) is 50.6 Å². The second-order valence-corrected chi connectivity index (χ2v) is 6.04. The number of ether oxygens (including phenoxy) is 4. The van der Waals surface area contributed by atoms with Gasteiger partial charge in [-0.25, -0.2) is 4.99 Å². The van der Waals surface area contributed by atoms with E-state index < -0.39 is 0 Å². The van der Waals surface area contributed by atoms with E-state index in [1.54, 1.807) is 14.2 Å². The van der Waals surface area contributed by atoms with Crippen molar-refractivity contribution in [1.29, 1.82) is 0 Å². The highest BCUT2D eigenvalue weighted by Gasteiger charge is 2.08. The molecule has 0 bridgehead atoms. The van der Waals surface area contributed by atoms with Gasteiger partial charge in [0.2, 0.25) is 0 Å². The Bertz CT molecular complexity index is 815. The molecule has 0 spiro atoms. The van der Waals surface area contributed by atoms with Crippen molar-refractivity contribution < 1.29 is 18.9 Å². The number of rotatable bonds is 10. The van der Waals surface area contributed by atoms with E-state index in [9.17, 15) is 0 Å². The summed E-state index contributed by atoms with van der Waals surface area (Å²) >= 11 is 0. The molecule has 0 heterocycles. The summed E-state index contributed by atoms with van der Waals surface area (Å²) in [6.07, 6.45) is 0. The van der Waals surface area contributed by atoms with Crippen molar-refractivity contribution in [2.24, 2.45) is 4.99 Å². The van der Waals surface area contributed by atoms with Crippen molar-refractivity contribution in [3.05, 3.63) is 42.0 Å². The molecule has 0 aliphatic carbocycles. The molecule has 0 saturated carbocycles. The van der Waals surface area contributed by atoms with E-state index in [0.29, 0.717) is 43.0 Å². The summed E-state index contributed by atoms with van der Waals surface area (Å²) < 4.78 is 22.0. The summed E-state index contributed by atoms with van der Waals surface area (Å²) in [5.74, 6) is 3.49. The van der Waals surface area contributed by atoms with Gasteiger partial charge in [-0.1, -0.05) is 6.07 Å². The second kappa shape index (κ2) is 13.8. The third kappa shape index (κ3) is 7.47. The lowest BCUT2D eigenvalue weighted by molar-refractivity contribution is 0.310. The van der Waals surface area contributed by atoms with E-state index in [0.717, 1.165) is 23.5 Å². The van der Waals surface area contributed by atoms with Gasteiger partial charge >= 0.3 is 0 Å².